The highest BCUT2D eigenvalue weighted by molar-refractivity contribution is 5.93. The maximum absolute atomic E-state index is 11.0. The van der Waals surface area contributed by atoms with Crippen molar-refractivity contribution >= 4 is 11.9 Å². The van der Waals surface area contributed by atoms with E-state index in [0.29, 0.717) is 0 Å². The number of carboxylic acid groups (broad SMARTS) is 1. The van der Waals surface area contributed by atoms with Gasteiger partial charge in [-0.05, 0) is 6.42 Å². The zero-order valence-electron chi connectivity index (χ0n) is 7.40. The Kier molecular flexibility index (Phi) is 5.57. The van der Waals surface area contributed by atoms with Crippen molar-refractivity contribution in [2.24, 2.45) is 5.92 Å². The molecule has 0 aliphatic heterocycles. The first-order valence-electron chi connectivity index (χ1n) is 3.83. The molecule has 74 valence electrons. The van der Waals surface area contributed by atoms with E-state index in [9.17, 15) is 9.59 Å². The number of terminal acetylenes is 1. The summed E-state index contributed by atoms with van der Waals surface area (Å²) in [5.74, 6) is -1.46. The molecule has 0 radical (unpaired) electrons. The van der Waals surface area contributed by atoms with Gasteiger partial charge in [0.15, 0.2) is 12.5 Å². The summed E-state index contributed by atoms with van der Waals surface area (Å²) in [6.45, 7) is -0.255. The van der Waals surface area contributed by atoms with Crippen LogP contribution in [0, 0.1) is 29.6 Å². The normalized spacial score (nSPS) is 10.7. The first kappa shape index (κ1) is 12.0. The zero-order valence-corrected chi connectivity index (χ0v) is 7.40. The molecule has 5 nitrogen and oxygen atoms in total. The van der Waals surface area contributed by atoms with Gasteiger partial charge in [-0.3, -0.25) is 9.59 Å². The summed E-state index contributed by atoms with van der Waals surface area (Å²) in [7, 11) is 0. The minimum atomic E-state index is -1.30. The summed E-state index contributed by atoms with van der Waals surface area (Å²) in [6.07, 6.45) is 4.75. The van der Waals surface area contributed by atoms with Gasteiger partial charge < -0.3 is 9.84 Å². The van der Waals surface area contributed by atoms with Crippen molar-refractivity contribution in [2.45, 2.75) is 12.8 Å². The van der Waals surface area contributed by atoms with Crippen LogP contribution in [0.3, 0.4) is 0 Å². The molecule has 0 saturated carbocycles. The first-order chi connectivity index (χ1) is 6.63. The van der Waals surface area contributed by atoms with E-state index in [1.807, 2.05) is 5.92 Å². The minimum absolute atomic E-state index is 0.0118. The lowest BCUT2D eigenvalue weighted by atomic mass is 10.0. The number of nitrogens with zero attached hydrogens (tertiary/aromatic N) is 1. The summed E-state index contributed by atoms with van der Waals surface area (Å²) >= 11 is 0. The van der Waals surface area contributed by atoms with Crippen molar-refractivity contribution in [1.82, 2.24) is 0 Å². The van der Waals surface area contributed by atoms with Crippen molar-refractivity contribution in [3.8, 4) is 18.4 Å². The number of rotatable bonds is 5. The molecular formula is C9H9NO4. The fraction of sp³-hybridized carbons (Fsp3) is 0.444. The van der Waals surface area contributed by atoms with Crippen LogP contribution in [-0.4, -0.2) is 23.7 Å². The third kappa shape index (κ3) is 4.13. The van der Waals surface area contributed by atoms with Gasteiger partial charge in [-0.15, -0.1) is 6.42 Å². The van der Waals surface area contributed by atoms with Crippen molar-refractivity contribution in [2.75, 3.05) is 6.61 Å². The van der Waals surface area contributed by atoms with E-state index in [4.69, 9.17) is 16.8 Å². The van der Waals surface area contributed by atoms with Crippen LogP contribution in [0.5, 0.6) is 0 Å². The van der Waals surface area contributed by atoms with Crippen LogP contribution >= 0.6 is 0 Å². The second-order valence-corrected chi connectivity index (χ2v) is 2.40. The zero-order chi connectivity index (χ0) is 11.0. The summed E-state index contributed by atoms with van der Waals surface area (Å²) in [5.41, 5.74) is 0. The molecule has 0 amide bonds. The smallest absolute Gasteiger partial charge is 0.321 e. The Morgan fingerprint density at radius 2 is 2.21 bits per heavy atom. The van der Waals surface area contributed by atoms with E-state index >= 15 is 0 Å². The number of hydrogen-bond acceptors (Lipinski definition) is 4. The van der Waals surface area contributed by atoms with Gasteiger partial charge in [0.25, 0.3) is 0 Å². The van der Waals surface area contributed by atoms with E-state index < -0.39 is 17.9 Å². The predicted molar refractivity (Wildman–Crippen MR) is 45.8 cm³/mol. The highest BCUT2D eigenvalue weighted by atomic mass is 16.5. The van der Waals surface area contributed by atoms with Gasteiger partial charge in [0, 0.05) is 6.42 Å². The van der Waals surface area contributed by atoms with Crippen molar-refractivity contribution in [3.63, 3.8) is 0 Å². The van der Waals surface area contributed by atoms with Crippen LogP contribution in [0.1, 0.15) is 12.8 Å². The maximum Gasteiger partial charge on any atom is 0.321 e. The number of carbonyl (C=O) groups excluding carboxylic acids is 1. The van der Waals surface area contributed by atoms with Crippen LogP contribution in [0.25, 0.3) is 0 Å². The molecule has 0 aliphatic carbocycles. The van der Waals surface area contributed by atoms with E-state index in [1.54, 1.807) is 6.07 Å². The molecule has 14 heavy (non-hydrogen) atoms. The van der Waals surface area contributed by atoms with E-state index in [0.717, 1.165) is 0 Å². The maximum atomic E-state index is 11.0. The molecule has 0 heterocycles. The van der Waals surface area contributed by atoms with Gasteiger partial charge in [0.1, 0.15) is 0 Å². The standard InChI is InChI=1S/C9H9NO4/c1-2-6-14-9(13)7(8(11)12)4-3-5-10/h1,7H,3-4,6H2,(H,11,12). The summed E-state index contributed by atoms with van der Waals surface area (Å²) in [5, 5.41) is 16.8. The fourth-order valence-electron chi connectivity index (χ4n) is 0.764. The SMILES string of the molecule is C#CCOC(=O)C(CCC#N)C(=O)O. The highest BCUT2D eigenvalue weighted by Crippen LogP contribution is 2.08. The highest BCUT2D eigenvalue weighted by Gasteiger charge is 2.26. The Morgan fingerprint density at radius 3 is 2.64 bits per heavy atom. The van der Waals surface area contributed by atoms with Crippen LogP contribution in [0.2, 0.25) is 0 Å². The van der Waals surface area contributed by atoms with Crippen LogP contribution in [-0.2, 0) is 14.3 Å². The quantitative estimate of drug-likeness (QED) is 0.383. The Morgan fingerprint density at radius 1 is 1.57 bits per heavy atom. The van der Waals surface area contributed by atoms with Gasteiger partial charge in [-0.1, -0.05) is 5.92 Å². The predicted octanol–water partition coefficient (Wildman–Crippen LogP) is 0.167. The second kappa shape index (κ2) is 6.50. The largest absolute Gasteiger partial charge is 0.481 e. The van der Waals surface area contributed by atoms with Gasteiger partial charge in [-0.25, -0.2) is 0 Å². The molecule has 0 bridgehead atoms. The number of carboxylic acids is 1. The molecule has 1 atom stereocenters. The average molecular weight is 195 g/mol. The molecule has 0 fully saturated rings. The molecule has 0 aromatic heterocycles. The summed E-state index contributed by atoms with van der Waals surface area (Å²) in [6, 6.07) is 1.75. The lowest BCUT2D eigenvalue weighted by Gasteiger charge is -2.08. The van der Waals surface area contributed by atoms with E-state index in [1.165, 1.54) is 0 Å². The Balaban J connectivity index is 4.22. The molecular weight excluding hydrogens is 186 g/mol. The van der Waals surface area contributed by atoms with Crippen molar-refractivity contribution < 1.29 is 19.4 Å². The van der Waals surface area contributed by atoms with E-state index in [-0.39, 0.29) is 19.4 Å². The average Bonchev–Trinajstić information content (AvgIpc) is 2.14. The van der Waals surface area contributed by atoms with Crippen LogP contribution < -0.4 is 0 Å². The fourth-order valence-corrected chi connectivity index (χ4v) is 0.764. The lowest BCUT2D eigenvalue weighted by molar-refractivity contribution is -0.157. The summed E-state index contributed by atoms with van der Waals surface area (Å²) in [4.78, 5) is 21.6. The second-order valence-electron chi connectivity index (χ2n) is 2.40. The van der Waals surface area contributed by atoms with Crippen molar-refractivity contribution in [3.05, 3.63) is 0 Å². The number of carbonyl (C=O) groups is 2. The molecule has 0 saturated heterocycles. The number of esters is 1. The molecule has 0 aliphatic rings. The van der Waals surface area contributed by atoms with Crippen molar-refractivity contribution in [1.29, 1.82) is 5.26 Å². The Hall–Kier alpha value is -2.01. The number of aliphatic carboxylic acids is 1. The summed E-state index contributed by atoms with van der Waals surface area (Å²) < 4.78 is 4.45. The number of nitriles is 1. The molecule has 1 unspecified atom stereocenters. The molecule has 0 aromatic rings. The van der Waals surface area contributed by atoms with Gasteiger partial charge in [0.2, 0.25) is 0 Å². The topological polar surface area (TPSA) is 87.4 Å². The van der Waals surface area contributed by atoms with Gasteiger partial charge in [-0.2, -0.15) is 5.26 Å². The van der Waals surface area contributed by atoms with E-state index in [2.05, 4.69) is 4.74 Å². The minimum Gasteiger partial charge on any atom is -0.481 e. The number of ether oxygens (including phenoxy) is 1. The lowest BCUT2D eigenvalue weighted by Crippen LogP contribution is -2.25. The monoisotopic (exact) mass is 195 g/mol. The molecule has 0 aromatic carbocycles. The molecule has 0 rings (SSSR count). The van der Waals surface area contributed by atoms with Gasteiger partial charge in [0.05, 0.1) is 6.07 Å². The molecule has 0 spiro atoms. The Bertz CT molecular complexity index is 297. The Labute approximate surface area is 81.3 Å². The molecule has 5 heteroatoms. The van der Waals surface area contributed by atoms with Crippen LogP contribution in [0.15, 0.2) is 0 Å². The third-order valence-electron chi connectivity index (χ3n) is 1.43. The number of hydrogen-bond donors (Lipinski definition) is 1. The van der Waals surface area contributed by atoms with Crippen LogP contribution in [0.4, 0.5) is 0 Å². The third-order valence-corrected chi connectivity index (χ3v) is 1.43. The first-order valence-corrected chi connectivity index (χ1v) is 3.83. The molecule has 1 N–H and O–H groups in total. The van der Waals surface area contributed by atoms with Gasteiger partial charge >= 0.3 is 11.9 Å².